The molecule has 1 aromatic rings. The molecule has 1 saturated heterocycles. The van der Waals surface area contributed by atoms with Crippen LogP contribution in [-0.4, -0.2) is 47.1 Å². The van der Waals surface area contributed by atoms with Gasteiger partial charge in [-0.25, -0.2) is 0 Å². The van der Waals surface area contributed by atoms with Crippen molar-refractivity contribution in [3.8, 4) is 0 Å². The van der Waals surface area contributed by atoms with Crippen LogP contribution in [-0.2, 0) is 15.0 Å². The first-order valence-electron chi connectivity index (χ1n) is 8.37. The third-order valence-corrected chi connectivity index (χ3v) is 4.99. The summed E-state index contributed by atoms with van der Waals surface area (Å²) in [5.41, 5.74) is 12.0. The zero-order chi connectivity index (χ0) is 18.1. The molecule has 0 spiro atoms. The molecule has 6 nitrogen and oxygen atoms in total. The zero-order valence-corrected chi connectivity index (χ0v) is 14.5. The molecule has 1 aliphatic rings. The van der Waals surface area contributed by atoms with E-state index in [0.29, 0.717) is 6.42 Å². The summed E-state index contributed by atoms with van der Waals surface area (Å²) in [5, 5.41) is 10.2. The highest BCUT2D eigenvalue weighted by Gasteiger charge is 2.62. The Morgan fingerprint density at radius 3 is 2.50 bits per heavy atom. The number of hydrogen-bond donors (Lipinski definition) is 3. The predicted molar refractivity (Wildman–Crippen MR) is 92.3 cm³/mol. The third-order valence-electron chi connectivity index (χ3n) is 4.99. The highest BCUT2D eigenvalue weighted by Crippen LogP contribution is 2.45. The van der Waals surface area contributed by atoms with Crippen LogP contribution in [0.3, 0.4) is 0 Å². The van der Waals surface area contributed by atoms with Crippen LogP contribution in [0.25, 0.3) is 0 Å². The number of benzene rings is 1. The van der Waals surface area contributed by atoms with E-state index < -0.39 is 23.6 Å². The van der Waals surface area contributed by atoms with Crippen molar-refractivity contribution < 1.29 is 14.7 Å². The standard InChI is InChI=1S/C18H27N3O3/c1-4-15(23)21-10-18(17(20)24,16(21)14(22)9-19)13-8-6-5-7-12(13)11(2)3/h5-8,11,15-16,23H,4,9-10,19H2,1-3H3,(H2,20,24). The number of carbonyl (C=O) groups is 2. The molecule has 5 N–H and O–H groups in total. The fraction of sp³-hybridized carbons (Fsp3) is 0.556. The molecule has 1 heterocycles. The average Bonchev–Trinajstić information content (AvgIpc) is 2.53. The molecule has 1 aromatic carbocycles. The summed E-state index contributed by atoms with van der Waals surface area (Å²) in [4.78, 5) is 26.6. The van der Waals surface area contributed by atoms with E-state index in [1.54, 1.807) is 4.90 Å². The van der Waals surface area contributed by atoms with E-state index in [2.05, 4.69) is 0 Å². The lowest BCUT2D eigenvalue weighted by atomic mass is 9.62. The van der Waals surface area contributed by atoms with Crippen LogP contribution in [0.5, 0.6) is 0 Å². The van der Waals surface area contributed by atoms with Gasteiger partial charge in [-0.2, -0.15) is 0 Å². The fourth-order valence-corrected chi connectivity index (χ4v) is 3.70. The second-order valence-electron chi connectivity index (χ2n) is 6.71. The van der Waals surface area contributed by atoms with Gasteiger partial charge in [0.2, 0.25) is 5.91 Å². The van der Waals surface area contributed by atoms with Gasteiger partial charge in [0.25, 0.3) is 0 Å². The summed E-state index contributed by atoms with van der Waals surface area (Å²) in [6.07, 6.45) is -0.348. The molecule has 2 rings (SSSR count). The van der Waals surface area contributed by atoms with Gasteiger partial charge in [0.15, 0.2) is 5.78 Å². The maximum atomic E-state index is 12.5. The molecule has 1 fully saturated rings. The predicted octanol–water partition coefficient (Wildman–Crippen LogP) is 0.474. The number of nitrogens with two attached hydrogens (primary N) is 2. The van der Waals surface area contributed by atoms with Gasteiger partial charge in [0.05, 0.1) is 12.6 Å². The van der Waals surface area contributed by atoms with E-state index in [0.717, 1.165) is 11.1 Å². The quantitative estimate of drug-likeness (QED) is 0.672. The third kappa shape index (κ3) is 2.75. The van der Waals surface area contributed by atoms with Gasteiger partial charge in [0.1, 0.15) is 11.6 Å². The van der Waals surface area contributed by atoms with Gasteiger partial charge >= 0.3 is 0 Å². The molecule has 24 heavy (non-hydrogen) atoms. The average molecular weight is 333 g/mol. The van der Waals surface area contributed by atoms with E-state index in [1.165, 1.54) is 0 Å². The fourth-order valence-electron chi connectivity index (χ4n) is 3.70. The second kappa shape index (κ2) is 7.01. The first-order chi connectivity index (χ1) is 11.3. The molecule has 0 saturated carbocycles. The zero-order valence-electron chi connectivity index (χ0n) is 14.5. The molecule has 0 aliphatic carbocycles. The van der Waals surface area contributed by atoms with E-state index in [4.69, 9.17) is 11.5 Å². The summed E-state index contributed by atoms with van der Waals surface area (Å²) in [6.45, 7) is 5.91. The molecule has 0 radical (unpaired) electrons. The maximum absolute atomic E-state index is 12.5. The topological polar surface area (TPSA) is 110 Å². The number of aliphatic hydroxyl groups is 1. The summed E-state index contributed by atoms with van der Waals surface area (Å²) in [7, 11) is 0. The van der Waals surface area contributed by atoms with Gasteiger partial charge < -0.3 is 16.6 Å². The number of hydrogen-bond acceptors (Lipinski definition) is 5. The first kappa shape index (κ1) is 18.6. The van der Waals surface area contributed by atoms with Gasteiger partial charge in [0, 0.05) is 6.54 Å². The molecule has 1 aliphatic heterocycles. The Labute approximate surface area is 142 Å². The van der Waals surface area contributed by atoms with Gasteiger partial charge in [-0.3, -0.25) is 14.5 Å². The minimum atomic E-state index is -1.15. The molecule has 0 bridgehead atoms. The van der Waals surface area contributed by atoms with E-state index in [1.807, 2.05) is 45.0 Å². The van der Waals surface area contributed by atoms with Crippen molar-refractivity contribution in [1.29, 1.82) is 0 Å². The molecule has 3 atom stereocenters. The lowest BCUT2D eigenvalue weighted by molar-refractivity contribution is -0.166. The monoisotopic (exact) mass is 333 g/mol. The van der Waals surface area contributed by atoms with Gasteiger partial charge in [-0.1, -0.05) is 45.0 Å². The normalized spacial score (nSPS) is 25.3. The Morgan fingerprint density at radius 1 is 1.38 bits per heavy atom. The van der Waals surface area contributed by atoms with Crippen molar-refractivity contribution in [2.75, 3.05) is 13.1 Å². The summed E-state index contributed by atoms with van der Waals surface area (Å²) in [6, 6.07) is 6.73. The Balaban J connectivity index is 2.60. The Bertz CT molecular complexity index is 632. The number of carbonyl (C=O) groups excluding carboxylic acids is 2. The van der Waals surface area contributed by atoms with Crippen LogP contribution in [0, 0.1) is 0 Å². The molecule has 0 aromatic heterocycles. The Kier molecular flexibility index (Phi) is 5.42. The van der Waals surface area contributed by atoms with Crippen molar-refractivity contribution in [3.63, 3.8) is 0 Å². The van der Waals surface area contributed by atoms with Crippen molar-refractivity contribution in [3.05, 3.63) is 35.4 Å². The number of primary amides is 1. The number of nitrogens with zero attached hydrogens (tertiary/aromatic N) is 1. The van der Waals surface area contributed by atoms with Crippen molar-refractivity contribution in [2.45, 2.75) is 50.8 Å². The largest absolute Gasteiger partial charge is 0.378 e. The minimum absolute atomic E-state index is 0.177. The number of amides is 1. The first-order valence-corrected chi connectivity index (χ1v) is 8.37. The van der Waals surface area contributed by atoms with Crippen molar-refractivity contribution in [2.24, 2.45) is 11.5 Å². The highest BCUT2D eigenvalue weighted by molar-refractivity contribution is 6.00. The molecular formula is C18H27N3O3. The number of aliphatic hydroxyl groups excluding tert-OH is 1. The lowest BCUT2D eigenvalue weighted by Crippen LogP contribution is -2.77. The van der Waals surface area contributed by atoms with Crippen LogP contribution in [0.1, 0.15) is 44.2 Å². The maximum Gasteiger partial charge on any atom is 0.231 e. The number of Topliss-reactive ketones (excluding diaryl/α,β-unsaturated/α-hetero) is 1. The number of ketones is 1. The van der Waals surface area contributed by atoms with Gasteiger partial charge in [-0.15, -0.1) is 0 Å². The van der Waals surface area contributed by atoms with Crippen molar-refractivity contribution >= 4 is 11.7 Å². The molecule has 132 valence electrons. The van der Waals surface area contributed by atoms with Crippen LogP contribution < -0.4 is 11.5 Å². The molecule has 1 amide bonds. The number of rotatable bonds is 7. The smallest absolute Gasteiger partial charge is 0.231 e. The lowest BCUT2D eigenvalue weighted by Gasteiger charge is -2.57. The Hall–Kier alpha value is -1.76. The summed E-state index contributed by atoms with van der Waals surface area (Å²) >= 11 is 0. The molecule has 3 unspecified atom stereocenters. The van der Waals surface area contributed by atoms with Crippen molar-refractivity contribution in [1.82, 2.24) is 4.90 Å². The SMILES string of the molecule is CCC(O)N1CC(C(N)=O)(c2ccccc2C(C)C)C1C(=O)CN. The van der Waals surface area contributed by atoms with E-state index >= 15 is 0 Å². The van der Waals surface area contributed by atoms with E-state index in [-0.39, 0.29) is 24.8 Å². The Morgan fingerprint density at radius 2 is 2.00 bits per heavy atom. The van der Waals surface area contributed by atoms with Gasteiger partial charge in [-0.05, 0) is 23.5 Å². The molecule has 6 heteroatoms. The van der Waals surface area contributed by atoms with Crippen LogP contribution >= 0.6 is 0 Å². The second-order valence-corrected chi connectivity index (χ2v) is 6.71. The van der Waals surface area contributed by atoms with Crippen LogP contribution in [0.15, 0.2) is 24.3 Å². The highest BCUT2D eigenvalue weighted by atomic mass is 16.3. The number of likely N-dealkylation sites (tertiary alicyclic amines) is 1. The van der Waals surface area contributed by atoms with Crippen LogP contribution in [0.2, 0.25) is 0 Å². The minimum Gasteiger partial charge on any atom is -0.378 e. The summed E-state index contributed by atoms with van der Waals surface area (Å²) in [5.74, 6) is -0.663. The summed E-state index contributed by atoms with van der Waals surface area (Å²) < 4.78 is 0. The van der Waals surface area contributed by atoms with Crippen LogP contribution in [0.4, 0.5) is 0 Å². The van der Waals surface area contributed by atoms with E-state index in [9.17, 15) is 14.7 Å². The molecular weight excluding hydrogens is 306 g/mol.